The van der Waals surface area contributed by atoms with Crippen LogP contribution in [-0.2, 0) is 20.4 Å². The van der Waals surface area contributed by atoms with Gasteiger partial charge >= 0.3 is 5.97 Å². The molecule has 0 saturated heterocycles. The lowest BCUT2D eigenvalue weighted by atomic mass is 9.52. The predicted octanol–water partition coefficient (Wildman–Crippen LogP) is 5.32. The molecule has 0 unspecified atom stereocenters. The highest BCUT2D eigenvalue weighted by molar-refractivity contribution is 5.85. The van der Waals surface area contributed by atoms with Gasteiger partial charge in [0.25, 0.3) is 0 Å². The van der Waals surface area contributed by atoms with Crippen molar-refractivity contribution in [3.8, 4) is 11.5 Å². The van der Waals surface area contributed by atoms with Crippen LogP contribution in [0.1, 0.15) is 56.4 Å². The lowest BCUT2D eigenvalue weighted by Gasteiger charge is -2.53. The van der Waals surface area contributed by atoms with Crippen LogP contribution in [0.25, 0.3) is 0 Å². The minimum Gasteiger partial charge on any atom is -0.482 e. The van der Waals surface area contributed by atoms with E-state index in [-0.39, 0.29) is 11.4 Å². The lowest BCUT2D eigenvalue weighted by molar-refractivity contribution is -0.159. The number of carbonyl (C=O) groups excluding carboxylic acids is 1. The van der Waals surface area contributed by atoms with Gasteiger partial charge in [-0.15, -0.1) is 0 Å². The van der Waals surface area contributed by atoms with Gasteiger partial charge in [0.2, 0.25) is 5.60 Å². The highest BCUT2D eigenvalue weighted by Crippen LogP contribution is 2.65. The maximum atomic E-state index is 13.0. The molecule has 162 valence electrons. The number of esters is 1. The number of ether oxygens (including phenoxy) is 3. The molecule has 5 rings (SSSR count). The van der Waals surface area contributed by atoms with E-state index >= 15 is 0 Å². The Bertz CT molecular complexity index is 1160. The summed E-state index contributed by atoms with van der Waals surface area (Å²) >= 11 is 0. The molecule has 0 aromatic heterocycles. The van der Waals surface area contributed by atoms with Gasteiger partial charge in [-0.3, -0.25) is 0 Å². The Morgan fingerprint density at radius 2 is 1.52 bits per heavy atom. The van der Waals surface area contributed by atoms with E-state index in [1.54, 1.807) is 0 Å². The van der Waals surface area contributed by atoms with Crippen molar-refractivity contribution < 1.29 is 19.0 Å². The van der Waals surface area contributed by atoms with Crippen LogP contribution in [0.5, 0.6) is 11.5 Å². The van der Waals surface area contributed by atoms with E-state index in [2.05, 4.69) is 64.1 Å². The molecule has 4 atom stereocenters. The Hall–Kier alpha value is -2.75. The van der Waals surface area contributed by atoms with Crippen molar-refractivity contribution in [3.05, 3.63) is 70.3 Å². The molecular formula is C27H30O4. The number of benzene rings is 2. The Kier molecular flexibility index (Phi) is 3.86. The van der Waals surface area contributed by atoms with Gasteiger partial charge in [-0.05, 0) is 69.9 Å². The molecule has 2 aromatic rings. The van der Waals surface area contributed by atoms with Crippen LogP contribution < -0.4 is 9.47 Å². The summed E-state index contributed by atoms with van der Waals surface area (Å²) in [6, 6.07) is 12.6. The highest BCUT2D eigenvalue weighted by Gasteiger charge is 2.67. The standard InChI is InChI=1S/C27H30O4/c1-16-8-10-19-21(12-16)30-26(5)18(14-24(19,26)3)15-25(4)20-11-9-17(2)13-22(20)31-27(25,6)23(28)29-7/h8-13,15H,14H2,1-7H3/b18-15-/t24-,25+,26-,27+/m1/s1. The second kappa shape index (κ2) is 5.93. The van der Waals surface area contributed by atoms with E-state index in [0.717, 1.165) is 29.0 Å². The molecule has 0 amide bonds. The Balaban J connectivity index is 1.64. The van der Waals surface area contributed by atoms with Crippen molar-refractivity contribution in [1.29, 1.82) is 0 Å². The number of methoxy groups -OCH3 is 1. The molecule has 2 aliphatic heterocycles. The van der Waals surface area contributed by atoms with E-state index < -0.39 is 16.6 Å². The van der Waals surface area contributed by atoms with Crippen LogP contribution in [-0.4, -0.2) is 24.3 Å². The first-order chi connectivity index (χ1) is 14.5. The maximum Gasteiger partial charge on any atom is 0.351 e. The molecule has 2 aromatic carbocycles. The summed E-state index contributed by atoms with van der Waals surface area (Å²) in [5.74, 6) is 1.33. The second-order valence-electron chi connectivity index (χ2n) is 10.1. The molecule has 0 radical (unpaired) electrons. The van der Waals surface area contributed by atoms with Gasteiger partial charge < -0.3 is 14.2 Å². The van der Waals surface area contributed by atoms with E-state index in [1.807, 2.05) is 19.9 Å². The third-order valence-corrected chi connectivity index (χ3v) is 8.29. The van der Waals surface area contributed by atoms with E-state index in [9.17, 15) is 4.79 Å². The summed E-state index contributed by atoms with van der Waals surface area (Å²) in [5.41, 5.74) is 3.36. The van der Waals surface area contributed by atoms with Gasteiger partial charge in [0.1, 0.15) is 17.1 Å². The van der Waals surface area contributed by atoms with Crippen LogP contribution in [0.15, 0.2) is 48.0 Å². The summed E-state index contributed by atoms with van der Waals surface area (Å²) in [7, 11) is 1.42. The Labute approximate surface area is 184 Å². The summed E-state index contributed by atoms with van der Waals surface area (Å²) in [6.07, 6.45) is 3.10. The number of aryl methyl sites for hydroxylation is 2. The maximum absolute atomic E-state index is 13.0. The second-order valence-corrected chi connectivity index (χ2v) is 10.1. The summed E-state index contributed by atoms with van der Waals surface area (Å²) in [4.78, 5) is 13.0. The monoisotopic (exact) mass is 418 g/mol. The Morgan fingerprint density at radius 3 is 2.13 bits per heavy atom. The average molecular weight is 419 g/mol. The van der Waals surface area contributed by atoms with Crippen molar-refractivity contribution in [2.75, 3.05) is 7.11 Å². The van der Waals surface area contributed by atoms with Crippen LogP contribution >= 0.6 is 0 Å². The van der Waals surface area contributed by atoms with Crippen LogP contribution in [0.3, 0.4) is 0 Å². The molecule has 2 heterocycles. The molecule has 4 nitrogen and oxygen atoms in total. The third kappa shape index (κ3) is 2.28. The van der Waals surface area contributed by atoms with Crippen molar-refractivity contribution in [2.45, 2.75) is 70.0 Å². The zero-order chi connectivity index (χ0) is 22.4. The molecule has 3 aliphatic rings. The predicted molar refractivity (Wildman–Crippen MR) is 120 cm³/mol. The number of hydrogen-bond acceptors (Lipinski definition) is 4. The van der Waals surface area contributed by atoms with Crippen LogP contribution in [0, 0.1) is 13.8 Å². The molecular weight excluding hydrogens is 388 g/mol. The van der Waals surface area contributed by atoms with Gasteiger partial charge in [0.15, 0.2) is 0 Å². The minimum absolute atomic E-state index is 0.0878. The molecule has 1 fully saturated rings. The third-order valence-electron chi connectivity index (χ3n) is 8.29. The fraction of sp³-hybridized carbons (Fsp3) is 0.444. The molecule has 1 saturated carbocycles. The van der Waals surface area contributed by atoms with Crippen molar-refractivity contribution in [2.24, 2.45) is 0 Å². The topological polar surface area (TPSA) is 44.8 Å². The molecule has 1 aliphatic carbocycles. The highest BCUT2D eigenvalue weighted by atomic mass is 16.6. The summed E-state index contributed by atoms with van der Waals surface area (Å²) in [5, 5.41) is 0. The molecule has 4 heteroatoms. The zero-order valence-electron chi connectivity index (χ0n) is 19.4. The normalized spacial score (nSPS) is 36.0. The molecule has 0 bridgehead atoms. The fourth-order valence-electron chi connectivity index (χ4n) is 5.81. The van der Waals surface area contributed by atoms with Gasteiger partial charge in [-0.1, -0.05) is 37.3 Å². The molecule has 31 heavy (non-hydrogen) atoms. The van der Waals surface area contributed by atoms with E-state index in [0.29, 0.717) is 0 Å². The largest absolute Gasteiger partial charge is 0.482 e. The van der Waals surface area contributed by atoms with E-state index in [4.69, 9.17) is 14.2 Å². The van der Waals surface area contributed by atoms with Crippen LogP contribution in [0.2, 0.25) is 0 Å². The molecule has 0 spiro atoms. The first kappa shape index (κ1) is 20.2. The minimum atomic E-state index is -1.16. The average Bonchev–Trinajstić information content (AvgIpc) is 3.03. The fourth-order valence-corrected chi connectivity index (χ4v) is 5.81. The van der Waals surface area contributed by atoms with Gasteiger partial charge in [-0.25, -0.2) is 4.79 Å². The van der Waals surface area contributed by atoms with Gasteiger partial charge in [-0.2, -0.15) is 0 Å². The van der Waals surface area contributed by atoms with Crippen LogP contribution in [0.4, 0.5) is 0 Å². The lowest BCUT2D eigenvalue weighted by Crippen LogP contribution is -2.60. The van der Waals surface area contributed by atoms with Crippen molar-refractivity contribution >= 4 is 5.97 Å². The quantitative estimate of drug-likeness (QED) is 0.489. The smallest absolute Gasteiger partial charge is 0.351 e. The first-order valence-electron chi connectivity index (χ1n) is 10.9. The summed E-state index contributed by atoms with van der Waals surface area (Å²) < 4.78 is 18.1. The first-order valence-corrected chi connectivity index (χ1v) is 10.9. The molecule has 0 N–H and O–H groups in total. The number of carbonyl (C=O) groups is 1. The SMILES string of the molecule is COC(=O)[C@]1(C)Oc2cc(C)ccc2[C@]1(C)/C=C1/C[C@]2(C)c3ccc(C)cc3O[C@]12C. The zero-order valence-corrected chi connectivity index (χ0v) is 19.4. The van der Waals surface area contributed by atoms with Gasteiger partial charge in [0.05, 0.1) is 12.5 Å². The van der Waals surface area contributed by atoms with E-state index in [1.165, 1.54) is 23.8 Å². The number of hydrogen-bond donors (Lipinski definition) is 0. The number of fused-ring (bicyclic) bond motifs is 4. The Morgan fingerprint density at radius 1 is 0.935 bits per heavy atom. The number of rotatable bonds is 2. The van der Waals surface area contributed by atoms with Crippen molar-refractivity contribution in [1.82, 2.24) is 0 Å². The van der Waals surface area contributed by atoms with Crippen molar-refractivity contribution in [3.63, 3.8) is 0 Å². The van der Waals surface area contributed by atoms with Gasteiger partial charge in [0, 0.05) is 16.5 Å². The summed E-state index contributed by atoms with van der Waals surface area (Å²) in [6.45, 7) is 12.5.